The molecule has 1 aliphatic heterocycles. The number of amides is 2. The highest BCUT2D eigenvalue weighted by Crippen LogP contribution is 2.26. The number of carbonyl (C=O) groups excluding carboxylic acids is 2. The third-order valence-corrected chi connectivity index (χ3v) is 5.70. The first-order chi connectivity index (χ1) is 9.91. The van der Waals surface area contributed by atoms with E-state index in [1.165, 1.54) is 13.0 Å². The van der Waals surface area contributed by atoms with E-state index in [2.05, 4.69) is 14.1 Å². The van der Waals surface area contributed by atoms with Crippen molar-refractivity contribution in [3.05, 3.63) is 18.2 Å². The van der Waals surface area contributed by atoms with Crippen LogP contribution in [0.3, 0.4) is 0 Å². The van der Waals surface area contributed by atoms with Gasteiger partial charge in [0.1, 0.15) is 22.0 Å². The molecule has 3 rings (SSSR count). The summed E-state index contributed by atoms with van der Waals surface area (Å²) in [4.78, 5) is 23.0. The number of hydrogen-bond donors (Lipinski definition) is 1. The molecule has 1 N–H and O–H groups in total. The van der Waals surface area contributed by atoms with Crippen LogP contribution in [0.2, 0.25) is 0 Å². The largest absolute Gasteiger partial charge is 0.294 e. The van der Waals surface area contributed by atoms with Gasteiger partial charge in [0.25, 0.3) is 0 Å². The molecule has 1 saturated heterocycles. The summed E-state index contributed by atoms with van der Waals surface area (Å²) in [5.74, 6) is -1.29. The third-order valence-electron chi connectivity index (χ3n) is 3.21. The minimum absolute atomic E-state index is 0.0527. The van der Waals surface area contributed by atoms with Crippen LogP contribution in [0.25, 0.3) is 11.0 Å². The molecule has 1 atom stereocenters. The third kappa shape index (κ3) is 2.20. The van der Waals surface area contributed by atoms with Crippen molar-refractivity contribution >= 4 is 44.6 Å². The first kappa shape index (κ1) is 14.0. The van der Waals surface area contributed by atoms with Gasteiger partial charge in [0.2, 0.25) is 21.8 Å². The lowest BCUT2D eigenvalue weighted by Crippen LogP contribution is -2.58. The molecule has 110 valence electrons. The molecular weight excluding hydrogens is 316 g/mol. The molecule has 2 amide bonds. The first-order valence-corrected chi connectivity index (χ1v) is 8.15. The highest BCUT2D eigenvalue weighted by molar-refractivity contribution is 7.89. The molecule has 1 aromatic carbocycles. The average molecular weight is 326 g/mol. The summed E-state index contributed by atoms with van der Waals surface area (Å²) in [5, 5.41) is 2.10. The number of hydrogen-bond acceptors (Lipinski definition) is 7. The summed E-state index contributed by atoms with van der Waals surface area (Å²) < 4.78 is 34.3. The second-order valence-electron chi connectivity index (χ2n) is 4.53. The number of imide groups is 1. The average Bonchev–Trinajstić information content (AvgIpc) is 2.90. The van der Waals surface area contributed by atoms with Crippen LogP contribution in [0.5, 0.6) is 0 Å². The maximum absolute atomic E-state index is 12.7. The maximum Gasteiger partial charge on any atom is 0.246 e. The lowest BCUT2D eigenvalue weighted by Gasteiger charge is -2.30. The minimum atomic E-state index is -4.02. The van der Waals surface area contributed by atoms with Crippen molar-refractivity contribution in [1.82, 2.24) is 18.4 Å². The van der Waals surface area contributed by atoms with Crippen LogP contribution in [0.1, 0.15) is 6.92 Å². The van der Waals surface area contributed by atoms with Crippen molar-refractivity contribution in [2.45, 2.75) is 17.9 Å². The van der Waals surface area contributed by atoms with Gasteiger partial charge in [-0.3, -0.25) is 14.9 Å². The van der Waals surface area contributed by atoms with E-state index in [1.807, 2.05) is 0 Å². The van der Waals surface area contributed by atoms with E-state index in [9.17, 15) is 18.0 Å². The number of nitrogens with one attached hydrogen (secondary N) is 1. The van der Waals surface area contributed by atoms with E-state index in [-0.39, 0.29) is 10.4 Å². The van der Waals surface area contributed by atoms with Crippen molar-refractivity contribution in [1.29, 1.82) is 0 Å². The van der Waals surface area contributed by atoms with Gasteiger partial charge in [0.05, 0.1) is 18.3 Å². The van der Waals surface area contributed by atoms with E-state index in [4.69, 9.17) is 0 Å². The number of fused-ring (bicyclic) bond motifs is 1. The fourth-order valence-corrected chi connectivity index (χ4v) is 4.40. The molecule has 0 aliphatic carbocycles. The van der Waals surface area contributed by atoms with E-state index in [1.54, 1.807) is 12.1 Å². The first-order valence-electron chi connectivity index (χ1n) is 5.98. The summed E-state index contributed by atoms with van der Waals surface area (Å²) >= 11 is 0.903. The van der Waals surface area contributed by atoms with Gasteiger partial charge < -0.3 is 0 Å². The zero-order valence-corrected chi connectivity index (χ0v) is 12.4. The van der Waals surface area contributed by atoms with E-state index in [0.717, 1.165) is 16.0 Å². The van der Waals surface area contributed by atoms with E-state index < -0.39 is 34.4 Å². The Balaban J connectivity index is 2.14. The van der Waals surface area contributed by atoms with Crippen LogP contribution in [-0.4, -0.2) is 45.9 Å². The summed E-state index contributed by atoms with van der Waals surface area (Å²) in [7, 11) is -4.02. The van der Waals surface area contributed by atoms with Gasteiger partial charge in [0, 0.05) is 0 Å². The molecule has 0 saturated carbocycles. The Bertz CT molecular complexity index is 845. The molecule has 0 spiro atoms. The van der Waals surface area contributed by atoms with Gasteiger partial charge in [-0.25, -0.2) is 8.42 Å². The lowest BCUT2D eigenvalue weighted by atomic mass is 10.2. The Morgan fingerprint density at radius 2 is 2.10 bits per heavy atom. The Morgan fingerprint density at radius 1 is 1.33 bits per heavy atom. The smallest absolute Gasteiger partial charge is 0.246 e. The Labute approximate surface area is 124 Å². The van der Waals surface area contributed by atoms with Gasteiger partial charge >= 0.3 is 0 Å². The molecule has 1 fully saturated rings. The van der Waals surface area contributed by atoms with Gasteiger partial charge in [-0.2, -0.15) is 13.1 Å². The quantitative estimate of drug-likeness (QED) is 0.761. The second kappa shape index (κ2) is 4.83. The summed E-state index contributed by atoms with van der Waals surface area (Å²) in [5.41, 5.74) is 0.703. The number of benzene rings is 1. The number of aromatic nitrogens is 2. The Morgan fingerprint density at radius 3 is 2.86 bits per heavy atom. The molecule has 1 aliphatic rings. The SMILES string of the molecule is CC1C(=O)NC(=O)CN1S(=O)(=O)c1cccc2nsnc12. The van der Waals surface area contributed by atoms with Gasteiger partial charge in [-0.05, 0) is 19.1 Å². The van der Waals surface area contributed by atoms with Crippen molar-refractivity contribution in [2.75, 3.05) is 6.54 Å². The van der Waals surface area contributed by atoms with Crippen LogP contribution in [0.15, 0.2) is 23.1 Å². The van der Waals surface area contributed by atoms with Crippen molar-refractivity contribution in [3.63, 3.8) is 0 Å². The predicted molar refractivity (Wildman–Crippen MR) is 73.9 cm³/mol. The minimum Gasteiger partial charge on any atom is -0.294 e. The fourth-order valence-electron chi connectivity index (χ4n) is 2.10. The maximum atomic E-state index is 12.7. The molecule has 1 aromatic heterocycles. The second-order valence-corrected chi connectivity index (χ2v) is 6.91. The highest BCUT2D eigenvalue weighted by atomic mass is 32.2. The van der Waals surface area contributed by atoms with Gasteiger partial charge in [-0.15, -0.1) is 0 Å². The molecule has 0 bridgehead atoms. The van der Waals surface area contributed by atoms with Crippen LogP contribution < -0.4 is 5.32 Å². The highest BCUT2D eigenvalue weighted by Gasteiger charge is 2.39. The topological polar surface area (TPSA) is 109 Å². The summed E-state index contributed by atoms with van der Waals surface area (Å²) in [6.07, 6.45) is 0. The Kier molecular flexibility index (Phi) is 3.23. The monoisotopic (exact) mass is 326 g/mol. The van der Waals surface area contributed by atoms with Gasteiger partial charge in [-0.1, -0.05) is 6.07 Å². The van der Waals surface area contributed by atoms with Crippen LogP contribution >= 0.6 is 11.7 Å². The number of piperazine rings is 1. The van der Waals surface area contributed by atoms with Gasteiger partial charge in [0.15, 0.2) is 0 Å². The van der Waals surface area contributed by atoms with E-state index >= 15 is 0 Å². The van der Waals surface area contributed by atoms with Crippen molar-refractivity contribution < 1.29 is 18.0 Å². The standard InChI is InChI=1S/C11H10N4O4S2/c1-6-11(17)12-9(16)5-15(6)21(18,19)8-4-2-3-7-10(8)14-20-13-7/h2-4,6H,5H2,1H3,(H,12,16,17). The normalized spacial score (nSPS) is 20.7. The molecule has 21 heavy (non-hydrogen) atoms. The summed E-state index contributed by atoms with van der Waals surface area (Å²) in [6, 6.07) is 3.63. The number of nitrogens with zero attached hydrogens (tertiary/aromatic N) is 3. The predicted octanol–water partition coefficient (Wildman–Crippen LogP) is -0.273. The molecule has 2 heterocycles. The van der Waals surface area contributed by atoms with Crippen molar-refractivity contribution in [3.8, 4) is 0 Å². The van der Waals surface area contributed by atoms with E-state index in [0.29, 0.717) is 5.52 Å². The number of carbonyl (C=O) groups is 2. The molecule has 8 nitrogen and oxygen atoms in total. The lowest BCUT2D eigenvalue weighted by molar-refractivity contribution is -0.136. The van der Waals surface area contributed by atoms with Crippen LogP contribution in [-0.2, 0) is 19.6 Å². The summed E-state index contributed by atoms with van der Waals surface area (Å²) in [6.45, 7) is 1.03. The molecular formula is C11H10N4O4S2. The molecule has 1 unspecified atom stereocenters. The number of rotatable bonds is 2. The molecule has 2 aromatic rings. The molecule has 10 heteroatoms. The number of sulfonamides is 1. The molecule has 0 radical (unpaired) electrons. The van der Waals surface area contributed by atoms with Crippen LogP contribution in [0, 0.1) is 0 Å². The zero-order valence-electron chi connectivity index (χ0n) is 10.8. The van der Waals surface area contributed by atoms with Crippen molar-refractivity contribution in [2.24, 2.45) is 0 Å². The Hall–Kier alpha value is -1.91. The fraction of sp³-hybridized carbons (Fsp3) is 0.273. The van der Waals surface area contributed by atoms with Crippen LogP contribution in [0.4, 0.5) is 0 Å². The zero-order chi connectivity index (χ0) is 15.2.